The molecule has 0 N–H and O–H groups in total. The van der Waals surface area contributed by atoms with Gasteiger partial charge in [0.15, 0.2) is 0 Å². The first-order chi connectivity index (χ1) is 10.0. The Morgan fingerprint density at radius 2 is 1.86 bits per heavy atom. The molecule has 1 aromatic heterocycles. The van der Waals surface area contributed by atoms with E-state index in [9.17, 15) is 9.59 Å². The van der Waals surface area contributed by atoms with Crippen molar-refractivity contribution in [3.63, 3.8) is 0 Å². The lowest BCUT2D eigenvalue weighted by atomic mass is 10.00. The van der Waals surface area contributed by atoms with Crippen molar-refractivity contribution >= 4 is 22.5 Å². The molecule has 1 heterocycles. The number of hydrogen-bond donors (Lipinski definition) is 0. The molecule has 0 amide bonds. The van der Waals surface area contributed by atoms with Crippen LogP contribution in [0.4, 0.5) is 0 Å². The van der Waals surface area contributed by atoms with Crippen LogP contribution in [0.2, 0.25) is 0 Å². The lowest BCUT2D eigenvalue weighted by Gasteiger charge is -2.04. The molecule has 0 aliphatic rings. The first-order valence-electron chi connectivity index (χ1n) is 7.54. The van der Waals surface area contributed by atoms with Gasteiger partial charge in [-0.15, -0.1) is 0 Å². The maximum atomic E-state index is 11.8. The average molecular weight is 286 g/mol. The van der Waals surface area contributed by atoms with E-state index in [1.54, 1.807) is 6.26 Å². The molecule has 112 valence electrons. The van der Waals surface area contributed by atoms with E-state index in [-0.39, 0.29) is 18.0 Å². The van der Waals surface area contributed by atoms with Crippen LogP contribution in [0.15, 0.2) is 34.9 Å². The third-order valence-corrected chi connectivity index (χ3v) is 3.60. The molecule has 0 atom stereocenters. The maximum absolute atomic E-state index is 11.8. The molecule has 0 bridgehead atoms. The molecule has 0 radical (unpaired) electrons. The standard InChI is InChI=1S/C18H22O3/c1-13(2)3-6-16(19)12-17(20)7-4-14-5-8-18-15(11-14)9-10-21-18/h5,8-11,13H,3-4,6-7,12H2,1-2H3. The monoisotopic (exact) mass is 286 g/mol. The lowest BCUT2D eigenvalue weighted by Crippen LogP contribution is -2.09. The van der Waals surface area contributed by atoms with Crippen LogP contribution in [0.3, 0.4) is 0 Å². The third kappa shape index (κ3) is 4.85. The normalized spacial score (nSPS) is 11.2. The quantitative estimate of drug-likeness (QED) is 0.678. The van der Waals surface area contributed by atoms with Gasteiger partial charge in [-0.3, -0.25) is 9.59 Å². The van der Waals surface area contributed by atoms with Gasteiger partial charge in [0.05, 0.1) is 12.7 Å². The molecule has 0 spiro atoms. The molecule has 0 aliphatic carbocycles. The van der Waals surface area contributed by atoms with Crippen molar-refractivity contribution < 1.29 is 14.0 Å². The van der Waals surface area contributed by atoms with E-state index in [2.05, 4.69) is 13.8 Å². The number of furan rings is 1. The number of Topliss-reactive ketones (excluding diaryl/α,β-unsaturated/α-hetero) is 2. The zero-order valence-electron chi connectivity index (χ0n) is 12.7. The van der Waals surface area contributed by atoms with Gasteiger partial charge in [-0.25, -0.2) is 0 Å². The summed E-state index contributed by atoms with van der Waals surface area (Å²) in [6.07, 6.45) is 4.23. The number of ketones is 2. The van der Waals surface area contributed by atoms with Gasteiger partial charge in [-0.1, -0.05) is 19.9 Å². The van der Waals surface area contributed by atoms with Gasteiger partial charge in [-0.2, -0.15) is 0 Å². The summed E-state index contributed by atoms with van der Waals surface area (Å²) in [5.74, 6) is 0.612. The van der Waals surface area contributed by atoms with Crippen LogP contribution < -0.4 is 0 Å². The van der Waals surface area contributed by atoms with Crippen LogP contribution in [0.5, 0.6) is 0 Å². The summed E-state index contributed by atoms with van der Waals surface area (Å²) in [5.41, 5.74) is 1.96. The van der Waals surface area contributed by atoms with Crippen LogP contribution in [-0.4, -0.2) is 11.6 Å². The van der Waals surface area contributed by atoms with Crippen LogP contribution in [0, 0.1) is 5.92 Å². The number of hydrogen-bond acceptors (Lipinski definition) is 3. The Morgan fingerprint density at radius 3 is 2.62 bits per heavy atom. The Kier molecular flexibility index (Phi) is 5.32. The van der Waals surface area contributed by atoms with Gasteiger partial charge in [0.25, 0.3) is 0 Å². The smallest absolute Gasteiger partial charge is 0.140 e. The lowest BCUT2D eigenvalue weighted by molar-refractivity contribution is -0.127. The van der Waals surface area contributed by atoms with Gasteiger partial charge >= 0.3 is 0 Å². The molecule has 3 nitrogen and oxygen atoms in total. The Labute approximate surface area is 125 Å². The fourth-order valence-electron chi connectivity index (χ4n) is 2.30. The minimum absolute atomic E-state index is 0.0380. The van der Waals surface area contributed by atoms with Crippen molar-refractivity contribution in [3.8, 4) is 0 Å². The van der Waals surface area contributed by atoms with E-state index in [1.807, 2.05) is 24.3 Å². The highest BCUT2D eigenvalue weighted by atomic mass is 16.3. The van der Waals surface area contributed by atoms with Gasteiger partial charge in [0.1, 0.15) is 17.1 Å². The third-order valence-electron chi connectivity index (χ3n) is 3.60. The second kappa shape index (κ2) is 7.21. The van der Waals surface area contributed by atoms with Crippen LogP contribution in [0.1, 0.15) is 45.1 Å². The molecule has 0 saturated heterocycles. The molecule has 21 heavy (non-hydrogen) atoms. The summed E-state index contributed by atoms with van der Waals surface area (Å²) in [5, 5.41) is 1.05. The molecule has 0 saturated carbocycles. The fraction of sp³-hybridized carbons (Fsp3) is 0.444. The molecular weight excluding hydrogens is 264 g/mol. The van der Waals surface area contributed by atoms with Crippen molar-refractivity contribution in [2.45, 2.75) is 46.0 Å². The molecule has 0 fully saturated rings. The minimum Gasteiger partial charge on any atom is -0.464 e. The van der Waals surface area contributed by atoms with Gasteiger partial charge in [0.2, 0.25) is 0 Å². The van der Waals surface area contributed by atoms with E-state index < -0.39 is 0 Å². The summed E-state index contributed by atoms with van der Waals surface area (Å²) in [7, 11) is 0. The zero-order chi connectivity index (χ0) is 15.2. The van der Waals surface area contributed by atoms with Crippen molar-refractivity contribution in [3.05, 3.63) is 36.1 Å². The number of fused-ring (bicyclic) bond motifs is 1. The van der Waals surface area contributed by atoms with Crippen molar-refractivity contribution in [1.29, 1.82) is 0 Å². The van der Waals surface area contributed by atoms with Crippen molar-refractivity contribution in [2.24, 2.45) is 5.92 Å². The highest BCUT2D eigenvalue weighted by Gasteiger charge is 2.10. The zero-order valence-corrected chi connectivity index (χ0v) is 12.7. The number of aryl methyl sites for hydroxylation is 1. The van der Waals surface area contributed by atoms with E-state index >= 15 is 0 Å². The van der Waals surface area contributed by atoms with Crippen LogP contribution in [0.25, 0.3) is 11.0 Å². The number of rotatable bonds is 8. The fourth-order valence-corrected chi connectivity index (χ4v) is 2.30. The summed E-state index contributed by atoms with van der Waals surface area (Å²) in [6.45, 7) is 4.17. The largest absolute Gasteiger partial charge is 0.464 e. The second-order valence-corrected chi connectivity index (χ2v) is 5.98. The summed E-state index contributed by atoms with van der Waals surface area (Å²) < 4.78 is 5.29. The predicted molar refractivity (Wildman–Crippen MR) is 83.2 cm³/mol. The SMILES string of the molecule is CC(C)CCC(=O)CC(=O)CCc1ccc2occc2c1. The number of benzene rings is 1. The number of carbonyl (C=O) groups excluding carboxylic acids is 2. The van der Waals surface area contributed by atoms with Crippen LogP contribution in [-0.2, 0) is 16.0 Å². The molecule has 3 heteroatoms. The molecule has 2 aromatic rings. The molecule has 0 unspecified atom stereocenters. The van der Waals surface area contributed by atoms with E-state index in [0.29, 0.717) is 25.2 Å². The second-order valence-electron chi connectivity index (χ2n) is 5.98. The van der Waals surface area contributed by atoms with Crippen molar-refractivity contribution in [2.75, 3.05) is 0 Å². The minimum atomic E-state index is 0.0380. The Balaban J connectivity index is 1.79. The summed E-state index contributed by atoms with van der Waals surface area (Å²) >= 11 is 0. The highest BCUT2D eigenvalue weighted by Crippen LogP contribution is 2.18. The Bertz CT molecular complexity index is 622. The van der Waals surface area contributed by atoms with Gasteiger partial charge in [0, 0.05) is 18.2 Å². The summed E-state index contributed by atoms with van der Waals surface area (Å²) in [4.78, 5) is 23.5. The first kappa shape index (κ1) is 15.5. The Morgan fingerprint density at radius 1 is 1.10 bits per heavy atom. The summed E-state index contributed by atoms with van der Waals surface area (Å²) in [6, 6.07) is 7.84. The molecule has 1 aromatic carbocycles. The number of carbonyl (C=O) groups is 2. The average Bonchev–Trinajstić information content (AvgIpc) is 2.90. The predicted octanol–water partition coefficient (Wildman–Crippen LogP) is 4.33. The van der Waals surface area contributed by atoms with E-state index in [1.165, 1.54) is 0 Å². The first-order valence-corrected chi connectivity index (χ1v) is 7.54. The highest BCUT2D eigenvalue weighted by molar-refractivity contribution is 5.99. The van der Waals surface area contributed by atoms with Gasteiger partial charge < -0.3 is 4.42 Å². The van der Waals surface area contributed by atoms with Crippen molar-refractivity contribution in [1.82, 2.24) is 0 Å². The van der Waals surface area contributed by atoms with Crippen LogP contribution >= 0.6 is 0 Å². The Hall–Kier alpha value is -1.90. The van der Waals surface area contributed by atoms with E-state index in [0.717, 1.165) is 23.0 Å². The topological polar surface area (TPSA) is 47.3 Å². The van der Waals surface area contributed by atoms with E-state index in [4.69, 9.17) is 4.42 Å². The van der Waals surface area contributed by atoms with Gasteiger partial charge in [-0.05, 0) is 42.5 Å². The molecule has 2 rings (SSSR count). The molecule has 0 aliphatic heterocycles. The maximum Gasteiger partial charge on any atom is 0.140 e. The molecular formula is C18H22O3.